The summed E-state index contributed by atoms with van der Waals surface area (Å²) in [5.41, 5.74) is 5.94. The molecule has 2 aromatic rings. The van der Waals surface area contributed by atoms with Crippen molar-refractivity contribution in [3.63, 3.8) is 0 Å². The molecule has 2 N–H and O–H groups in total. The van der Waals surface area contributed by atoms with Gasteiger partial charge in [0.25, 0.3) is 6.08 Å². The number of benzene rings is 1. The molecule has 0 radical (unpaired) electrons. The Morgan fingerprint density at radius 1 is 1.43 bits per heavy atom. The highest BCUT2D eigenvalue weighted by molar-refractivity contribution is 9.10. The lowest BCUT2D eigenvalue weighted by Crippen LogP contribution is -2.26. The molecule has 0 bridgehead atoms. The maximum atomic E-state index is 12.6. The summed E-state index contributed by atoms with van der Waals surface area (Å²) in [5, 5.41) is 3.86. The third-order valence-corrected chi connectivity index (χ3v) is 3.50. The summed E-state index contributed by atoms with van der Waals surface area (Å²) in [6.45, 7) is 1.20. The number of nitrogens with two attached hydrogens (primary N) is 1. The molecule has 0 unspecified atom stereocenters. The van der Waals surface area contributed by atoms with E-state index in [0.717, 1.165) is 14.7 Å². The summed E-state index contributed by atoms with van der Waals surface area (Å²) in [5.74, 6) is 0. The summed E-state index contributed by atoms with van der Waals surface area (Å²) >= 11 is 3.34. The van der Waals surface area contributed by atoms with E-state index in [1.54, 1.807) is 12.1 Å². The van der Waals surface area contributed by atoms with Gasteiger partial charge in [-0.25, -0.2) is 14.0 Å². The van der Waals surface area contributed by atoms with Gasteiger partial charge in [0.1, 0.15) is 6.33 Å². The van der Waals surface area contributed by atoms with E-state index >= 15 is 0 Å². The minimum Gasteiger partial charge on any atom is -0.327 e. The lowest BCUT2D eigenvalue weighted by atomic mass is 10.2. The maximum absolute atomic E-state index is 12.6. The van der Waals surface area contributed by atoms with Crippen LogP contribution in [0.5, 0.6) is 0 Å². The molecule has 5 nitrogen and oxygen atoms in total. The zero-order valence-corrected chi connectivity index (χ0v) is 12.8. The van der Waals surface area contributed by atoms with Crippen LogP contribution in [-0.4, -0.2) is 20.9 Å². The predicted molar refractivity (Wildman–Crippen MR) is 78.6 cm³/mol. The molecular formula is C13H13BrF2N4O. The molecule has 1 heterocycles. The maximum Gasteiger partial charge on any atom is 0.350 e. The number of rotatable bonds is 4. The van der Waals surface area contributed by atoms with Crippen molar-refractivity contribution in [1.29, 1.82) is 0 Å². The molecule has 1 aromatic carbocycles. The summed E-state index contributed by atoms with van der Waals surface area (Å²) in [4.78, 5) is 12.2. The zero-order chi connectivity index (χ0) is 15.6. The highest BCUT2D eigenvalue weighted by Gasteiger charge is 2.12. The number of hydrogen-bond donors (Lipinski definition) is 1. The fraction of sp³-hybridized carbons (Fsp3) is 0.231. The third-order valence-electron chi connectivity index (χ3n) is 3.01. The van der Waals surface area contributed by atoms with E-state index in [-0.39, 0.29) is 18.7 Å². The number of aryl methyl sites for hydroxylation is 1. The highest BCUT2D eigenvalue weighted by atomic mass is 79.9. The molecule has 21 heavy (non-hydrogen) atoms. The normalized spacial score (nSPS) is 10.7. The highest BCUT2D eigenvalue weighted by Crippen LogP contribution is 2.18. The molecule has 1 aromatic heterocycles. The van der Waals surface area contributed by atoms with E-state index in [4.69, 9.17) is 5.73 Å². The molecule has 0 aliphatic heterocycles. The SMILES string of the molecule is Cc1cc(Br)ccc1-n1cnn(CC(CN)=C(F)F)c1=O. The monoisotopic (exact) mass is 358 g/mol. The van der Waals surface area contributed by atoms with E-state index in [1.165, 1.54) is 10.9 Å². The Morgan fingerprint density at radius 3 is 2.71 bits per heavy atom. The van der Waals surface area contributed by atoms with Crippen molar-refractivity contribution in [2.75, 3.05) is 6.54 Å². The van der Waals surface area contributed by atoms with Crippen LogP contribution in [0.4, 0.5) is 8.78 Å². The summed E-state index contributed by atoms with van der Waals surface area (Å²) in [6, 6.07) is 5.40. The van der Waals surface area contributed by atoms with Gasteiger partial charge in [0, 0.05) is 16.6 Å². The molecule has 0 aliphatic carbocycles. The van der Waals surface area contributed by atoms with Crippen molar-refractivity contribution < 1.29 is 8.78 Å². The minimum absolute atomic E-state index is 0.310. The quantitative estimate of drug-likeness (QED) is 0.911. The summed E-state index contributed by atoms with van der Waals surface area (Å²) in [6.07, 6.45) is -0.568. The van der Waals surface area contributed by atoms with Gasteiger partial charge in [-0.15, -0.1) is 0 Å². The van der Waals surface area contributed by atoms with Crippen molar-refractivity contribution >= 4 is 15.9 Å². The average Bonchev–Trinajstić information content (AvgIpc) is 2.77. The molecule has 0 amide bonds. The fourth-order valence-corrected chi connectivity index (χ4v) is 2.36. The van der Waals surface area contributed by atoms with Gasteiger partial charge in [0.2, 0.25) is 0 Å². The van der Waals surface area contributed by atoms with E-state index in [2.05, 4.69) is 21.0 Å². The molecule has 0 saturated carbocycles. The molecule has 0 aliphatic rings. The molecule has 0 fully saturated rings. The van der Waals surface area contributed by atoms with Gasteiger partial charge >= 0.3 is 5.69 Å². The molecule has 0 spiro atoms. The van der Waals surface area contributed by atoms with Crippen LogP contribution in [0.3, 0.4) is 0 Å². The van der Waals surface area contributed by atoms with Crippen molar-refractivity contribution in [3.8, 4) is 5.69 Å². The Bertz CT molecular complexity index is 747. The first-order valence-electron chi connectivity index (χ1n) is 6.08. The number of hydrogen-bond acceptors (Lipinski definition) is 3. The second-order valence-electron chi connectivity index (χ2n) is 4.44. The first-order valence-corrected chi connectivity index (χ1v) is 6.87. The van der Waals surface area contributed by atoms with Crippen LogP contribution in [-0.2, 0) is 6.54 Å². The Kier molecular flexibility index (Phi) is 4.69. The molecule has 112 valence electrons. The van der Waals surface area contributed by atoms with Crippen molar-refractivity contribution in [2.24, 2.45) is 5.73 Å². The van der Waals surface area contributed by atoms with Crippen molar-refractivity contribution in [2.45, 2.75) is 13.5 Å². The molecule has 0 atom stereocenters. The van der Waals surface area contributed by atoms with Crippen LogP contribution in [0.15, 0.2) is 45.4 Å². The lowest BCUT2D eigenvalue weighted by Gasteiger charge is -2.06. The Morgan fingerprint density at radius 2 is 2.14 bits per heavy atom. The molecule has 2 rings (SSSR count). The molecule has 8 heteroatoms. The fourth-order valence-electron chi connectivity index (χ4n) is 1.88. The van der Waals surface area contributed by atoms with Gasteiger partial charge in [-0.05, 0) is 30.7 Å². The summed E-state index contributed by atoms with van der Waals surface area (Å²) in [7, 11) is 0. The van der Waals surface area contributed by atoms with Crippen LogP contribution in [0, 0.1) is 6.92 Å². The molecular weight excluding hydrogens is 346 g/mol. The first-order chi connectivity index (χ1) is 9.93. The predicted octanol–water partition coefficient (Wildman–Crippen LogP) is 2.21. The van der Waals surface area contributed by atoms with Crippen molar-refractivity contribution in [1.82, 2.24) is 14.3 Å². The Balaban J connectivity index is 2.42. The van der Waals surface area contributed by atoms with Crippen LogP contribution < -0.4 is 11.4 Å². The Hall–Kier alpha value is -1.80. The van der Waals surface area contributed by atoms with Gasteiger partial charge in [-0.3, -0.25) is 0 Å². The third kappa shape index (κ3) is 3.27. The molecule has 0 saturated heterocycles. The van der Waals surface area contributed by atoms with Crippen LogP contribution >= 0.6 is 15.9 Å². The first kappa shape index (κ1) is 15.6. The average molecular weight is 359 g/mol. The van der Waals surface area contributed by atoms with Crippen LogP contribution in [0.1, 0.15) is 5.56 Å². The Labute approximate surface area is 127 Å². The summed E-state index contributed by atoms with van der Waals surface area (Å²) < 4.78 is 28.4. The zero-order valence-electron chi connectivity index (χ0n) is 11.2. The van der Waals surface area contributed by atoms with Crippen molar-refractivity contribution in [3.05, 3.63) is 56.7 Å². The van der Waals surface area contributed by atoms with E-state index in [9.17, 15) is 13.6 Å². The van der Waals surface area contributed by atoms with E-state index in [1.807, 2.05) is 13.0 Å². The van der Waals surface area contributed by atoms with Crippen LogP contribution in [0.25, 0.3) is 5.69 Å². The van der Waals surface area contributed by atoms with Gasteiger partial charge in [-0.1, -0.05) is 15.9 Å². The van der Waals surface area contributed by atoms with Crippen LogP contribution in [0.2, 0.25) is 0 Å². The van der Waals surface area contributed by atoms with Gasteiger partial charge in [-0.2, -0.15) is 13.9 Å². The van der Waals surface area contributed by atoms with E-state index < -0.39 is 11.8 Å². The van der Waals surface area contributed by atoms with Gasteiger partial charge < -0.3 is 5.73 Å². The van der Waals surface area contributed by atoms with E-state index in [0.29, 0.717) is 5.69 Å². The standard InChI is InChI=1S/C13H13BrF2N4O/c1-8-4-10(14)2-3-11(8)19-7-18-20(13(19)21)6-9(5-17)12(15)16/h2-4,7H,5-6,17H2,1H3. The van der Waals surface area contributed by atoms with Gasteiger partial charge in [0.15, 0.2) is 0 Å². The lowest BCUT2D eigenvalue weighted by molar-refractivity contribution is 0.400. The van der Waals surface area contributed by atoms with Gasteiger partial charge in [0.05, 0.1) is 12.2 Å². The number of halogens is 3. The second-order valence-corrected chi connectivity index (χ2v) is 5.36. The largest absolute Gasteiger partial charge is 0.350 e. The second kappa shape index (κ2) is 6.31. The minimum atomic E-state index is -1.88. The number of aromatic nitrogens is 3. The number of nitrogens with zero attached hydrogens (tertiary/aromatic N) is 3. The smallest absolute Gasteiger partial charge is 0.327 e. The topological polar surface area (TPSA) is 65.8 Å².